The van der Waals surface area contributed by atoms with E-state index in [1.165, 1.54) is 0 Å². The number of rotatable bonds is 3. The average molecular weight is 308 g/mol. The summed E-state index contributed by atoms with van der Waals surface area (Å²) in [5.74, 6) is 0. The van der Waals surface area contributed by atoms with E-state index >= 15 is 0 Å². The molecule has 21 heavy (non-hydrogen) atoms. The quantitative estimate of drug-likeness (QED) is 0.794. The molecule has 6 heteroatoms. The molecule has 1 heterocycles. The van der Waals surface area contributed by atoms with E-state index in [1.54, 1.807) is 12.3 Å². The van der Waals surface area contributed by atoms with Crippen LogP contribution >= 0.6 is 11.8 Å². The standard InChI is InChI=1S/C15H11F3N2S/c1-21-14-12(9-19)13(15(16,17)18)8-11(20-14)7-10-5-3-2-4-6-10/h2-6,8H,7H2,1H3. The molecule has 1 aromatic heterocycles. The van der Waals surface area contributed by atoms with E-state index in [-0.39, 0.29) is 5.03 Å². The lowest BCUT2D eigenvalue weighted by molar-refractivity contribution is -0.138. The van der Waals surface area contributed by atoms with Crippen LogP contribution in [-0.2, 0) is 12.6 Å². The molecule has 1 aromatic carbocycles. The molecular formula is C15H11F3N2S. The van der Waals surface area contributed by atoms with Crippen LogP contribution in [0.2, 0.25) is 0 Å². The number of aromatic nitrogens is 1. The average Bonchev–Trinajstić information content (AvgIpc) is 2.46. The fraction of sp³-hybridized carbons (Fsp3) is 0.200. The largest absolute Gasteiger partial charge is 0.417 e. The number of hydrogen-bond acceptors (Lipinski definition) is 3. The van der Waals surface area contributed by atoms with Crippen molar-refractivity contribution in [2.24, 2.45) is 0 Å². The highest BCUT2D eigenvalue weighted by Crippen LogP contribution is 2.35. The normalized spacial score (nSPS) is 11.2. The van der Waals surface area contributed by atoms with Gasteiger partial charge in [-0.15, -0.1) is 11.8 Å². The van der Waals surface area contributed by atoms with Crippen molar-refractivity contribution in [3.63, 3.8) is 0 Å². The van der Waals surface area contributed by atoms with Crippen LogP contribution in [0.1, 0.15) is 22.4 Å². The molecule has 0 amide bonds. The van der Waals surface area contributed by atoms with Crippen LogP contribution in [0.4, 0.5) is 13.2 Å². The molecule has 0 spiro atoms. The van der Waals surface area contributed by atoms with E-state index in [4.69, 9.17) is 5.26 Å². The Morgan fingerprint density at radius 3 is 2.43 bits per heavy atom. The lowest BCUT2D eigenvalue weighted by Crippen LogP contribution is -2.11. The van der Waals surface area contributed by atoms with Gasteiger partial charge in [0.25, 0.3) is 0 Å². The molecule has 0 aliphatic rings. The maximum atomic E-state index is 13.1. The predicted octanol–water partition coefficient (Wildman–Crippen LogP) is 4.28. The zero-order chi connectivity index (χ0) is 15.5. The molecule has 108 valence electrons. The fourth-order valence-corrected chi connectivity index (χ4v) is 2.52. The zero-order valence-corrected chi connectivity index (χ0v) is 11.9. The molecule has 2 rings (SSSR count). The Balaban J connectivity index is 2.51. The van der Waals surface area contributed by atoms with Gasteiger partial charge in [-0.25, -0.2) is 4.98 Å². The second-order valence-electron chi connectivity index (χ2n) is 4.32. The van der Waals surface area contributed by atoms with Gasteiger partial charge in [0.05, 0.1) is 11.1 Å². The summed E-state index contributed by atoms with van der Waals surface area (Å²) >= 11 is 1.04. The van der Waals surface area contributed by atoms with E-state index in [0.29, 0.717) is 12.1 Å². The van der Waals surface area contributed by atoms with Gasteiger partial charge in [0.2, 0.25) is 0 Å². The van der Waals surface area contributed by atoms with Gasteiger partial charge in [-0.1, -0.05) is 30.3 Å². The molecule has 0 unspecified atom stereocenters. The molecule has 0 atom stereocenters. The van der Waals surface area contributed by atoms with Gasteiger partial charge in [0.15, 0.2) is 0 Å². The van der Waals surface area contributed by atoms with Gasteiger partial charge in [-0.2, -0.15) is 18.4 Å². The number of pyridine rings is 1. The van der Waals surface area contributed by atoms with E-state index in [9.17, 15) is 13.2 Å². The molecule has 0 N–H and O–H groups in total. The summed E-state index contributed by atoms with van der Waals surface area (Å²) in [5.41, 5.74) is -0.158. The van der Waals surface area contributed by atoms with Gasteiger partial charge in [0, 0.05) is 12.1 Å². The summed E-state index contributed by atoms with van der Waals surface area (Å²) in [6.07, 6.45) is -2.66. The summed E-state index contributed by atoms with van der Waals surface area (Å²) in [7, 11) is 0. The summed E-state index contributed by atoms with van der Waals surface area (Å²) in [6, 6.07) is 11.7. The highest BCUT2D eigenvalue weighted by Gasteiger charge is 2.35. The molecule has 0 fully saturated rings. The van der Waals surface area contributed by atoms with Gasteiger partial charge in [-0.3, -0.25) is 0 Å². The van der Waals surface area contributed by atoms with E-state index in [0.717, 1.165) is 23.4 Å². The van der Waals surface area contributed by atoms with Crippen molar-refractivity contribution in [2.75, 3.05) is 6.26 Å². The minimum atomic E-state index is -4.57. The van der Waals surface area contributed by atoms with Gasteiger partial charge in [-0.05, 0) is 17.9 Å². The lowest BCUT2D eigenvalue weighted by atomic mass is 10.0. The van der Waals surface area contributed by atoms with Crippen molar-refractivity contribution >= 4 is 11.8 Å². The minimum Gasteiger partial charge on any atom is -0.245 e. The zero-order valence-electron chi connectivity index (χ0n) is 11.1. The van der Waals surface area contributed by atoms with Gasteiger partial charge < -0.3 is 0 Å². The number of halogens is 3. The Bertz CT molecular complexity index is 676. The monoisotopic (exact) mass is 308 g/mol. The lowest BCUT2D eigenvalue weighted by Gasteiger charge is -2.13. The van der Waals surface area contributed by atoms with Crippen LogP contribution in [0.25, 0.3) is 0 Å². The SMILES string of the molecule is CSc1nc(Cc2ccccc2)cc(C(F)(F)F)c1C#N. The maximum absolute atomic E-state index is 13.1. The van der Waals surface area contributed by atoms with Crippen molar-refractivity contribution in [3.8, 4) is 6.07 Å². The van der Waals surface area contributed by atoms with Crippen LogP contribution in [0.15, 0.2) is 41.4 Å². The summed E-state index contributed by atoms with van der Waals surface area (Å²) < 4.78 is 39.2. The minimum absolute atomic E-state index is 0.109. The number of nitriles is 1. The smallest absolute Gasteiger partial charge is 0.245 e. The number of hydrogen-bond donors (Lipinski definition) is 0. The Hall–Kier alpha value is -2.00. The summed E-state index contributed by atoms with van der Waals surface area (Å²) in [4.78, 5) is 4.17. The Kier molecular flexibility index (Phi) is 4.53. The van der Waals surface area contributed by atoms with Crippen molar-refractivity contribution in [3.05, 3.63) is 58.8 Å². The van der Waals surface area contributed by atoms with E-state index < -0.39 is 17.3 Å². The van der Waals surface area contributed by atoms with Crippen LogP contribution in [-0.4, -0.2) is 11.2 Å². The predicted molar refractivity (Wildman–Crippen MR) is 75.0 cm³/mol. The first-order chi connectivity index (χ1) is 9.95. The third-order valence-corrected chi connectivity index (χ3v) is 3.56. The van der Waals surface area contributed by atoms with Crippen LogP contribution in [0, 0.1) is 11.3 Å². The number of thioether (sulfide) groups is 1. The Labute approximate surface area is 124 Å². The van der Waals surface area contributed by atoms with Gasteiger partial charge >= 0.3 is 6.18 Å². The first-order valence-corrected chi connectivity index (χ1v) is 7.27. The van der Waals surface area contributed by atoms with Crippen molar-refractivity contribution in [1.82, 2.24) is 4.98 Å². The van der Waals surface area contributed by atoms with Crippen molar-refractivity contribution in [1.29, 1.82) is 5.26 Å². The molecule has 0 bridgehead atoms. The number of benzene rings is 1. The number of nitrogens with zero attached hydrogens (tertiary/aromatic N) is 2. The summed E-state index contributed by atoms with van der Waals surface area (Å²) in [6.45, 7) is 0. The second-order valence-corrected chi connectivity index (χ2v) is 5.11. The first-order valence-electron chi connectivity index (χ1n) is 6.05. The molecule has 2 aromatic rings. The molecule has 0 saturated heterocycles. The first kappa shape index (κ1) is 15.4. The summed E-state index contributed by atoms with van der Waals surface area (Å²) in [5, 5.41) is 9.08. The van der Waals surface area contributed by atoms with Crippen LogP contribution in [0.5, 0.6) is 0 Å². The maximum Gasteiger partial charge on any atom is 0.417 e. The fourth-order valence-electron chi connectivity index (χ4n) is 1.95. The third kappa shape index (κ3) is 3.56. The Morgan fingerprint density at radius 2 is 1.90 bits per heavy atom. The van der Waals surface area contributed by atoms with E-state index in [1.807, 2.05) is 30.3 Å². The second kappa shape index (κ2) is 6.19. The van der Waals surface area contributed by atoms with Crippen molar-refractivity contribution in [2.45, 2.75) is 17.6 Å². The molecule has 0 aliphatic carbocycles. The molecule has 2 nitrogen and oxygen atoms in total. The van der Waals surface area contributed by atoms with Crippen LogP contribution < -0.4 is 0 Å². The topological polar surface area (TPSA) is 36.7 Å². The van der Waals surface area contributed by atoms with Crippen molar-refractivity contribution < 1.29 is 13.2 Å². The number of alkyl halides is 3. The van der Waals surface area contributed by atoms with E-state index in [2.05, 4.69) is 4.98 Å². The van der Waals surface area contributed by atoms with Crippen LogP contribution in [0.3, 0.4) is 0 Å². The molecular weight excluding hydrogens is 297 g/mol. The molecule has 0 aliphatic heterocycles. The highest BCUT2D eigenvalue weighted by molar-refractivity contribution is 7.98. The highest BCUT2D eigenvalue weighted by atomic mass is 32.2. The molecule has 0 radical (unpaired) electrons. The third-order valence-electron chi connectivity index (χ3n) is 2.88. The molecule has 0 saturated carbocycles. The van der Waals surface area contributed by atoms with Gasteiger partial charge in [0.1, 0.15) is 11.1 Å². The Morgan fingerprint density at radius 1 is 1.24 bits per heavy atom.